The van der Waals surface area contributed by atoms with E-state index in [0.29, 0.717) is 40.7 Å². The van der Waals surface area contributed by atoms with E-state index in [-0.39, 0.29) is 24.5 Å². The smallest absolute Gasteiger partial charge is 0.338 e. The predicted octanol–water partition coefficient (Wildman–Crippen LogP) is 4.92. The quantitative estimate of drug-likeness (QED) is 0.0970. The Morgan fingerprint density at radius 1 is 0.978 bits per heavy atom. The molecule has 242 valence electrons. The summed E-state index contributed by atoms with van der Waals surface area (Å²) in [6.45, 7) is 5.59. The zero-order chi connectivity index (χ0) is 33.2. The molecular weight excluding hydrogens is 707 g/mol. The zero-order valence-electron chi connectivity index (χ0n) is 26.1. The average molecular weight is 743 g/mol. The van der Waals surface area contributed by atoms with Gasteiger partial charge in [-0.3, -0.25) is 4.79 Å². The van der Waals surface area contributed by atoms with Gasteiger partial charge in [0.2, 0.25) is 0 Å². The number of carbonyl (C=O) groups excluding carboxylic acids is 3. The fraction of sp³-hybridized carbons (Fsp3) is 0.273. The molecule has 0 unspecified atom stereocenters. The number of benzene rings is 3. The first-order valence-corrected chi connectivity index (χ1v) is 15.3. The van der Waals surface area contributed by atoms with E-state index in [1.807, 2.05) is 37.3 Å². The summed E-state index contributed by atoms with van der Waals surface area (Å²) in [7, 11) is 3.00. The van der Waals surface area contributed by atoms with Gasteiger partial charge in [0.25, 0.3) is 5.91 Å². The molecule has 13 heteroatoms. The number of hydrazone groups is 1. The number of methoxy groups -OCH3 is 2. The molecule has 1 heterocycles. The van der Waals surface area contributed by atoms with Crippen LogP contribution in [0.2, 0.25) is 0 Å². The molecule has 0 aromatic heterocycles. The maximum Gasteiger partial charge on any atom is 0.338 e. The third-order valence-corrected chi connectivity index (χ3v) is 7.60. The summed E-state index contributed by atoms with van der Waals surface area (Å²) in [6, 6.07) is 15.4. The first kappa shape index (κ1) is 34.1. The van der Waals surface area contributed by atoms with Crippen LogP contribution in [0.3, 0.4) is 0 Å². The lowest BCUT2D eigenvalue weighted by Gasteiger charge is -2.28. The highest BCUT2D eigenvalue weighted by atomic mass is 127. The number of allylic oxidation sites excluding steroid dienone is 1. The Labute approximate surface area is 280 Å². The topological polar surface area (TPSA) is 146 Å². The monoisotopic (exact) mass is 742 g/mol. The van der Waals surface area contributed by atoms with Crippen LogP contribution in [0.4, 0.5) is 4.79 Å². The molecule has 0 aliphatic carbocycles. The van der Waals surface area contributed by atoms with E-state index in [9.17, 15) is 14.4 Å². The highest BCUT2D eigenvalue weighted by Crippen LogP contribution is 2.35. The summed E-state index contributed by atoms with van der Waals surface area (Å²) in [5.74, 6) is 0.678. The van der Waals surface area contributed by atoms with Crippen LogP contribution in [0.1, 0.15) is 42.1 Å². The molecule has 1 aliphatic rings. The van der Waals surface area contributed by atoms with Gasteiger partial charge in [0.1, 0.15) is 6.61 Å². The largest absolute Gasteiger partial charge is 0.493 e. The van der Waals surface area contributed by atoms with Crippen molar-refractivity contribution >= 4 is 46.7 Å². The number of nitrogens with one attached hydrogen (secondary N) is 3. The molecule has 0 spiro atoms. The van der Waals surface area contributed by atoms with E-state index in [0.717, 1.165) is 9.13 Å². The molecule has 0 bridgehead atoms. The SMILES string of the molecule is CCOC(=O)C1=C(C)NC(=O)N[C@@H]1c1ccc(OCC(=O)N/N=C\c2cc(I)c(OCc3ccc(C)cc3)c(OC)c2)c(OC)c1. The molecule has 3 amide bonds. The number of amides is 3. The van der Waals surface area contributed by atoms with E-state index in [2.05, 4.69) is 43.8 Å². The summed E-state index contributed by atoms with van der Waals surface area (Å²) < 4.78 is 28.7. The van der Waals surface area contributed by atoms with Gasteiger partial charge in [-0.05, 0) is 84.3 Å². The first-order valence-electron chi connectivity index (χ1n) is 14.3. The van der Waals surface area contributed by atoms with Crippen LogP contribution in [0.25, 0.3) is 0 Å². The molecule has 0 radical (unpaired) electrons. The van der Waals surface area contributed by atoms with Crippen molar-refractivity contribution in [3.05, 3.63) is 91.7 Å². The fourth-order valence-corrected chi connectivity index (χ4v) is 5.34. The lowest BCUT2D eigenvalue weighted by atomic mass is 9.95. The maximum atomic E-state index is 12.6. The van der Waals surface area contributed by atoms with Crippen LogP contribution in [0.5, 0.6) is 23.0 Å². The number of ether oxygens (including phenoxy) is 5. The summed E-state index contributed by atoms with van der Waals surface area (Å²) in [5, 5.41) is 9.38. The molecule has 3 aromatic carbocycles. The molecule has 46 heavy (non-hydrogen) atoms. The Balaban J connectivity index is 1.37. The van der Waals surface area contributed by atoms with Crippen molar-refractivity contribution in [3.8, 4) is 23.0 Å². The maximum absolute atomic E-state index is 12.6. The molecule has 4 rings (SSSR count). The van der Waals surface area contributed by atoms with Gasteiger partial charge in [-0.15, -0.1) is 0 Å². The second kappa shape index (κ2) is 16.0. The van der Waals surface area contributed by atoms with Gasteiger partial charge in [0.05, 0.1) is 42.2 Å². The van der Waals surface area contributed by atoms with E-state index in [1.54, 1.807) is 45.2 Å². The summed E-state index contributed by atoms with van der Waals surface area (Å²) in [4.78, 5) is 37.3. The molecule has 12 nitrogen and oxygen atoms in total. The summed E-state index contributed by atoms with van der Waals surface area (Å²) >= 11 is 2.17. The average Bonchev–Trinajstić information content (AvgIpc) is 3.03. The lowest BCUT2D eigenvalue weighted by molar-refractivity contribution is -0.139. The van der Waals surface area contributed by atoms with Crippen LogP contribution in [-0.4, -0.2) is 51.6 Å². The van der Waals surface area contributed by atoms with E-state index < -0.39 is 23.9 Å². The van der Waals surface area contributed by atoms with Crippen molar-refractivity contribution in [2.75, 3.05) is 27.4 Å². The molecule has 3 N–H and O–H groups in total. The highest BCUT2D eigenvalue weighted by Gasteiger charge is 2.32. The standard InChI is InChI=1S/C33H35IN4O8/c1-6-44-32(40)29-20(3)36-33(41)37-30(29)23-11-12-25(26(15-23)42-4)45-18-28(39)38-35-16-22-13-24(34)31(27(14-22)43-5)46-17-21-9-7-19(2)8-10-21/h7-16,30H,6,17-18H2,1-5H3,(H,38,39)(H2,36,37,41)/b35-16-/t30-/m1/s1. The van der Waals surface area contributed by atoms with E-state index in [1.165, 1.54) is 18.9 Å². The zero-order valence-corrected chi connectivity index (χ0v) is 28.2. The Kier molecular flexibility index (Phi) is 11.8. The Bertz CT molecular complexity index is 1660. The van der Waals surface area contributed by atoms with Gasteiger partial charge in [-0.2, -0.15) is 5.10 Å². The fourth-order valence-electron chi connectivity index (χ4n) is 4.55. The number of hydrogen-bond acceptors (Lipinski definition) is 9. The van der Waals surface area contributed by atoms with Crippen molar-refractivity contribution in [1.82, 2.24) is 16.1 Å². The Morgan fingerprint density at radius 2 is 1.72 bits per heavy atom. The number of aryl methyl sites for hydroxylation is 1. The van der Waals surface area contributed by atoms with Crippen LogP contribution in [0, 0.1) is 10.5 Å². The number of nitrogens with zero attached hydrogens (tertiary/aromatic N) is 1. The summed E-state index contributed by atoms with van der Waals surface area (Å²) in [6.07, 6.45) is 1.49. The normalized spacial score (nSPS) is 14.3. The third-order valence-electron chi connectivity index (χ3n) is 6.80. The number of halogens is 1. The molecule has 0 saturated carbocycles. The minimum absolute atomic E-state index is 0.183. The van der Waals surface area contributed by atoms with Gasteiger partial charge in [-0.1, -0.05) is 35.9 Å². The predicted molar refractivity (Wildman–Crippen MR) is 179 cm³/mol. The van der Waals surface area contributed by atoms with Gasteiger partial charge in [0.15, 0.2) is 29.6 Å². The van der Waals surface area contributed by atoms with Crippen molar-refractivity contribution in [2.24, 2.45) is 5.10 Å². The van der Waals surface area contributed by atoms with Crippen LogP contribution < -0.4 is 35.0 Å². The van der Waals surface area contributed by atoms with E-state index in [4.69, 9.17) is 23.7 Å². The van der Waals surface area contributed by atoms with Gasteiger partial charge >= 0.3 is 12.0 Å². The van der Waals surface area contributed by atoms with Crippen molar-refractivity contribution in [1.29, 1.82) is 0 Å². The Morgan fingerprint density at radius 3 is 2.41 bits per heavy atom. The lowest BCUT2D eigenvalue weighted by Crippen LogP contribution is -2.45. The minimum atomic E-state index is -0.774. The molecule has 1 aliphatic heterocycles. The highest BCUT2D eigenvalue weighted by molar-refractivity contribution is 14.1. The molecular formula is C33H35IN4O8. The van der Waals surface area contributed by atoms with Gasteiger partial charge in [-0.25, -0.2) is 15.0 Å². The number of rotatable bonds is 13. The van der Waals surface area contributed by atoms with Gasteiger partial charge < -0.3 is 34.3 Å². The van der Waals surface area contributed by atoms with Crippen LogP contribution >= 0.6 is 22.6 Å². The molecule has 1 atom stereocenters. The summed E-state index contributed by atoms with van der Waals surface area (Å²) in [5.41, 5.74) is 6.57. The van der Waals surface area contributed by atoms with Crippen molar-refractivity contribution in [2.45, 2.75) is 33.4 Å². The van der Waals surface area contributed by atoms with E-state index >= 15 is 0 Å². The van der Waals surface area contributed by atoms with Crippen LogP contribution in [-0.2, 0) is 20.9 Å². The first-order chi connectivity index (χ1) is 22.1. The third kappa shape index (κ3) is 8.68. The van der Waals surface area contributed by atoms with Crippen LogP contribution in [0.15, 0.2) is 71.0 Å². The second-order valence-electron chi connectivity index (χ2n) is 10.1. The second-order valence-corrected chi connectivity index (χ2v) is 11.3. The number of carbonyl (C=O) groups is 3. The molecule has 3 aromatic rings. The van der Waals surface area contributed by atoms with Crippen molar-refractivity contribution < 1.29 is 38.1 Å². The minimum Gasteiger partial charge on any atom is -0.493 e. The molecule has 0 fully saturated rings. The van der Waals surface area contributed by atoms with Gasteiger partial charge in [0, 0.05) is 5.70 Å². The number of urea groups is 1. The van der Waals surface area contributed by atoms with Crippen molar-refractivity contribution in [3.63, 3.8) is 0 Å². The number of esters is 1. The number of hydrogen-bond donors (Lipinski definition) is 3. The Hall–Kier alpha value is -4.79. The molecule has 0 saturated heterocycles.